The molecule has 2 rings (SSSR count). The van der Waals surface area contributed by atoms with Crippen molar-refractivity contribution < 1.29 is 28.9 Å². The van der Waals surface area contributed by atoms with Crippen molar-refractivity contribution >= 4 is 23.0 Å². The highest BCUT2D eigenvalue weighted by Crippen LogP contribution is 2.25. The number of esters is 1. The molecule has 28 heavy (non-hydrogen) atoms. The molecule has 2 aromatic rings. The molecule has 0 spiro atoms. The Bertz CT molecular complexity index is 860. The summed E-state index contributed by atoms with van der Waals surface area (Å²) < 4.78 is 15.4. The number of nitrogens with one attached hydrogen (secondary N) is 1. The molecule has 0 aliphatic rings. The molecule has 8 nitrogen and oxygen atoms in total. The van der Waals surface area contributed by atoms with Crippen molar-refractivity contribution in [3.8, 4) is 5.88 Å². The molecule has 0 radical (unpaired) electrons. The summed E-state index contributed by atoms with van der Waals surface area (Å²) >= 11 is 0. The summed E-state index contributed by atoms with van der Waals surface area (Å²) in [5.41, 5.74) is 0.804. The average molecular weight is 390 g/mol. The van der Waals surface area contributed by atoms with Crippen LogP contribution < -0.4 is 10.1 Å². The van der Waals surface area contributed by atoms with Crippen molar-refractivity contribution in [2.45, 2.75) is 45.9 Å². The van der Waals surface area contributed by atoms with Crippen LogP contribution in [0.5, 0.6) is 5.88 Å². The smallest absolute Gasteiger partial charge is 0.409 e. The van der Waals surface area contributed by atoms with Crippen LogP contribution in [-0.2, 0) is 15.9 Å². The fraction of sp³-hybridized carbons (Fsp3) is 0.450. The number of pyridine rings is 1. The third-order valence-corrected chi connectivity index (χ3v) is 3.72. The van der Waals surface area contributed by atoms with Gasteiger partial charge in [0.1, 0.15) is 11.8 Å². The highest BCUT2D eigenvalue weighted by Gasteiger charge is 2.20. The monoisotopic (exact) mass is 390 g/mol. The number of aliphatic hydroxyl groups is 1. The first-order valence-corrected chi connectivity index (χ1v) is 8.96. The van der Waals surface area contributed by atoms with Gasteiger partial charge in [0.15, 0.2) is 0 Å². The van der Waals surface area contributed by atoms with Gasteiger partial charge in [-0.05, 0) is 45.4 Å². The van der Waals surface area contributed by atoms with Crippen LogP contribution in [0, 0.1) is 0 Å². The summed E-state index contributed by atoms with van der Waals surface area (Å²) in [6.45, 7) is 7.18. The van der Waals surface area contributed by atoms with Crippen LogP contribution in [0.25, 0.3) is 10.9 Å². The second kappa shape index (κ2) is 8.88. The van der Waals surface area contributed by atoms with Crippen molar-refractivity contribution in [2.75, 3.05) is 13.7 Å². The summed E-state index contributed by atoms with van der Waals surface area (Å²) in [6.07, 6.45) is -1.85. The minimum absolute atomic E-state index is 0.0685. The lowest BCUT2D eigenvalue weighted by atomic mass is 10.0. The van der Waals surface area contributed by atoms with E-state index in [1.807, 2.05) is 0 Å². The Hall–Kier alpha value is -2.87. The second-order valence-electron chi connectivity index (χ2n) is 7.11. The largest absolute Gasteiger partial charge is 0.481 e. The number of methoxy groups -OCH3 is 1. The van der Waals surface area contributed by atoms with Gasteiger partial charge < -0.3 is 19.3 Å². The number of aliphatic hydroxyl groups excluding tert-OH is 1. The Morgan fingerprint density at radius 3 is 2.54 bits per heavy atom. The topological polar surface area (TPSA) is 107 Å². The number of carbonyl (C=O) groups excluding carboxylic acids is 2. The van der Waals surface area contributed by atoms with Crippen molar-refractivity contribution in [2.24, 2.45) is 0 Å². The van der Waals surface area contributed by atoms with Crippen molar-refractivity contribution in [3.63, 3.8) is 0 Å². The van der Waals surface area contributed by atoms with Crippen LogP contribution in [0.1, 0.15) is 43.6 Å². The van der Waals surface area contributed by atoms with Gasteiger partial charge in [-0.25, -0.2) is 14.6 Å². The highest BCUT2D eigenvalue weighted by atomic mass is 16.6. The molecule has 1 atom stereocenters. The number of aromatic nitrogens is 1. The number of hydrogen-bond acceptors (Lipinski definition) is 7. The maximum atomic E-state index is 12.2. The van der Waals surface area contributed by atoms with Gasteiger partial charge in [-0.1, -0.05) is 6.07 Å². The van der Waals surface area contributed by atoms with Crippen molar-refractivity contribution in [1.82, 2.24) is 10.3 Å². The molecule has 8 heteroatoms. The molecule has 0 saturated carbocycles. The first-order valence-electron chi connectivity index (χ1n) is 8.96. The summed E-state index contributed by atoms with van der Waals surface area (Å²) in [4.78, 5) is 28.5. The standard InChI is InChI=1S/C20H26N2O6/c1-6-27-18(24)14-8-7-12(17-13(14)9-10-16(22-17)26-5)11-15(23)21-19(25)28-20(2,3)4/h7-10,15,23H,6,11H2,1-5H3,(H,21,25)/t15-/m1/s1. The molecule has 152 valence electrons. The number of benzene rings is 1. The summed E-state index contributed by atoms with van der Waals surface area (Å²) in [5, 5.41) is 13.2. The molecule has 0 saturated heterocycles. The van der Waals surface area contributed by atoms with Gasteiger partial charge >= 0.3 is 12.1 Å². The van der Waals surface area contributed by atoms with E-state index in [1.165, 1.54) is 7.11 Å². The minimum Gasteiger partial charge on any atom is -0.481 e. The minimum atomic E-state index is -1.19. The van der Waals surface area contributed by atoms with Crippen LogP contribution in [0.15, 0.2) is 24.3 Å². The number of carbonyl (C=O) groups is 2. The summed E-state index contributed by atoms with van der Waals surface area (Å²) in [5.74, 6) is -0.0946. The third-order valence-electron chi connectivity index (χ3n) is 3.72. The Balaban J connectivity index is 2.32. The van der Waals surface area contributed by atoms with E-state index in [4.69, 9.17) is 14.2 Å². The van der Waals surface area contributed by atoms with Gasteiger partial charge in [0, 0.05) is 17.9 Å². The number of rotatable bonds is 6. The van der Waals surface area contributed by atoms with Crippen LogP contribution in [0.2, 0.25) is 0 Å². The van der Waals surface area contributed by atoms with Gasteiger partial charge in [0.2, 0.25) is 5.88 Å². The normalized spacial score (nSPS) is 12.4. The van der Waals surface area contributed by atoms with E-state index >= 15 is 0 Å². The van der Waals surface area contributed by atoms with E-state index in [-0.39, 0.29) is 13.0 Å². The number of alkyl carbamates (subject to hydrolysis) is 1. The first-order chi connectivity index (χ1) is 13.1. The molecule has 0 unspecified atom stereocenters. The Kier molecular flexibility index (Phi) is 6.80. The van der Waals surface area contributed by atoms with E-state index in [0.717, 1.165) is 0 Å². The molecular formula is C20H26N2O6. The molecule has 0 aliphatic carbocycles. The number of amides is 1. The zero-order valence-electron chi connectivity index (χ0n) is 16.7. The van der Waals surface area contributed by atoms with Crippen molar-refractivity contribution in [3.05, 3.63) is 35.4 Å². The highest BCUT2D eigenvalue weighted by molar-refractivity contribution is 6.04. The Morgan fingerprint density at radius 1 is 1.21 bits per heavy atom. The third kappa shape index (κ3) is 5.56. The number of hydrogen-bond donors (Lipinski definition) is 2. The lowest BCUT2D eigenvalue weighted by Gasteiger charge is -2.21. The molecule has 1 aromatic heterocycles. The van der Waals surface area contributed by atoms with Gasteiger partial charge in [-0.15, -0.1) is 0 Å². The lowest BCUT2D eigenvalue weighted by Crippen LogP contribution is -2.40. The van der Waals surface area contributed by atoms with Gasteiger partial charge in [0.25, 0.3) is 0 Å². The number of ether oxygens (including phenoxy) is 3. The second-order valence-corrected chi connectivity index (χ2v) is 7.11. The number of nitrogens with zero attached hydrogens (tertiary/aromatic N) is 1. The summed E-state index contributed by atoms with van der Waals surface area (Å²) in [6, 6.07) is 6.64. The predicted molar refractivity (Wildman–Crippen MR) is 103 cm³/mol. The fourth-order valence-corrected chi connectivity index (χ4v) is 2.62. The molecule has 0 aliphatic heterocycles. The fourth-order valence-electron chi connectivity index (χ4n) is 2.62. The first kappa shape index (κ1) is 21.4. The molecule has 0 bridgehead atoms. The zero-order chi connectivity index (χ0) is 20.9. The molecular weight excluding hydrogens is 364 g/mol. The quantitative estimate of drug-likeness (QED) is 0.577. The van der Waals surface area contributed by atoms with Gasteiger partial charge in [-0.3, -0.25) is 5.32 Å². The van der Waals surface area contributed by atoms with Gasteiger partial charge in [-0.2, -0.15) is 0 Å². The SMILES string of the molecule is CCOC(=O)c1ccc(C[C@@H](O)NC(=O)OC(C)(C)C)c2nc(OC)ccc12. The average Bonchev–Trinajstić information content (AvgIpc) is 2.59. The predicted octanol–water partition coefficient (Wildman–Crippen LogP) is 2.81. The van der Waals surface area contributed by atoms with Crippen LogP contribution in [0.4, 0.5) is 4.79 Å². The Morgan fingerprint density at radius 2 is 1.93 bits per heavy atom. The van der Waals surface area contributed by atoms with E-state index in [0.29, 0.717) is 27.9 Å². The summed E-state index contributed by atoms with van der Waals surface area (Å²) in [7, 11) is 1.49. The maximum absolute atomic E-state index is 12.2. The van der Waals surface area contributed by atoms with Crippen molar-refractivity contribution in [1.29, 1.82) is 0 Å². The van der Waals surface area contributed by atoms with Gasteiger partial charge in [0.05, 0.1) is 24.8 Å². The Labute approximate surface area is 163 Å². The molecule has 1 heterocycles. The van der Waals surface area contributed by atoms with E-state index in [1.54, 1.807) is 52.0 Å². The zero-order valence-corrected chi connectivity index (χ0v) is 16.7. The molecule has 1 amide bonds. The van der Waals surface area contributed by atoms with Crippen LogP contribution in [-0.4, -0.2) is 47.7 Å². The van der Waals surface area contributed by atoms with E-state index in [9.17, 15) is 14.7 Å². The number of fused-ring (bicyclic) bond motifs is 1. The molecule has 0 fully saturated rings. The van der Waals surface area contributed by atoms with Crippen LogP contribution >= 0.6 is 0 Å². The van der Waals surface area contributed by atoms with E-state index < -0.39 is 23.9 Å². The van der Waals surface area contributed by atoms with E-state index in [2.05, 4.69) is 10.3 Å². The molecule has 1 aromatic carbocycles. The molecule has 2 N–H and O–H groups in total. The lowest BCUT2D eigenvalue weighted by molar-refractivity contribution is 0.0359. The maximum Gasteiger partial charge on any atom is 0.409 e. The van der Waals surface area contributed by atoms with Crippen LogP contribution in [0.3, 0.4) is 0 Å².